The maximum absolute atomic E-state index is 13.6. The van der Waals surface area contributed by atoms with Crippen molar-refractivity contribution in [2.75, 3.05) is 18.0 Å². The van der Waals surface area contributed by atoms with Gasteiger partial charge in [0.25, 0.3) is 0 Å². The monoisotopic (exact) mass is 234 g/mol. The topological polar surface area (TPSA) is 27.0 Å². The molecular formula is C14H19FN2. The zero-order valence-corrected chi connectivity index (χ0v) is 10.7. The molecule has 1 aromatic carbocycles. The van der Waals surface area contributed by atoms with Crippen LogP contribution >= 0.6 is 0 Å². The van der Waals surface area contributed by atoms with E-state index < -0.39 is 0 Å². The zero-order valence-electron chi connectivity index (χ0n) is 10.7. The number of nitrogens with zero attached hydrogens (tertiary/aromatic N) is 2. The lowest BCUT2D eigenvalue weighted by molar-refractivity contribution is 0.450. The van der Waals surface area contributed by atoms with Crippen LogP contribution in [-0.4, -0.2) is 13.1 Å². The molecule has 0 unspecified atom stereocenters. The zero-order chi connectivity index (χ0) is 12.9. The Balaban J connectivity index is 2.74. The summed E-state index contributed by atoms with van der Waals surface area (Å²) in [5.74, 6) is -0.205. The summed E-state index contributed by atoms with van der Waals surface area (Å²) in [7, 11) is 0. The maximum atomic E-state index is 13.6. The number of rotatable bonds is 5. The molecule has 0 aliphatic heterocycles. The second kappa shape index (κ2) is 5.67. The number of anilines is 1. The minimum Gasteiger partial charge on any atom is -0.369 e. The smallest absolute Gasteiger partial charge is 0.146 e. The molecule has 1 rings (SSSR count). The van der Waals surface area contributed by atoms with Crippen molar-refractivity contribution in [3.05, 3.63) is 30.1 Å². The highest BCUT2D eigenvalue weighted by molar-refractivity contribution is 5.47. The van der Waals surface area contributed by atoms with E-state index in [9.17, 15) is 4.39 Å². The molecule has 92 valence electrons. The number of nitriles is 1. The third kappa shape index (κ3) is 3.74. The first-order valence-corrected chi connectivity index (χ1v) is 5.91. The van der Waals surface area contributed by atoms with Gasteiger partial charge in [0.2, 0.25) is 0 Å². The molecular weight excluding hydrogens is 215 g/mol. The molecule has 0 radical (unpaired) electrons. The average Bonchev–Trinajstić information content (AvgIpc) is 2.32. The van der Waals surface area contributed by atoms with Gasteiger partial charge < -0.3 is 4.90 Å². The van der Waals surface area contributed by atoms with Crippen LogP contribution in [0.5, 0.6) is 0 Å². The minimum atomic E-state index is -0.362. The van der Waals surface area contributed by atoms with Crippen molar-refractivity contribution in [3.8, 4) is 6.07 Å². The molecule has 3 heteroatoms. The molecule has 0 aliphatic rings. The number of hydrogen-bond acceptors (Lipinski definition) is 2. The average molecular weight is 234 g/mol. The van der Waals surface area contributed by atoms with Crippen molar-refractivity contribution >= 4 is 5.69 Å². The van der Waals surface area contributed by atoms with Crippen molar-refractivity contribution in [1.29, 1.82) is 5.26 Å². The summed E-state index contributed by atoms with van der Waals surface area (Å²) in [6.07, 6.45) is 0.728. The quantitative estimate of drug-likeness (QED) is 0.778. The van der Waals surface area contributed by atoms with Gasteiger partial charge in [0, 0.05) is 13.1 Å². The predicted octanol–water partition coefficient (Wildman–Crippen LogP) is 3.59. The molecule has 0 aliphatic carbocycles. The van der Waals surface area contributed by atoms with E-state index in [4.69, 9.17) is 5.26 Å². The lowest BCUT2D eigenvalue weighted by Crippen LogP contribution is -2.28. The van der Waals surface area contributed by atoms with Crippen molar-refractivity contribution in [1.82, 2.24) is 0 Å². The van der Waals surface area contributed by atoms with Gasteiger partial charge in [-0.25, -0.2) is 4.39 Å². The van der Waals surface area contributed by atoms with Gasteiger partial charge in [-0.3, -0.25) is 0 Å². The molecule has 0 N–H and O–H groups in total. The van der Waals surface area contributed by atoms with Crippen molar-refractivity contribution in [2.45, 2.75) is 27.2 Å². The summed E-state index contributed by atoms with van der Waals surface area (Å²) < 4.78 is 13.6. The molecule has 0 aromatic heterocycles. The Morgan fingerprint density at radius 3 is 2.53 bits per heavy atom. The van der Waals surface area contributed by atoms with E-state index in [2.05, 4.69) is 6.07 Å². The van der Waals surface area contributed by atoms with Crippen LogP contribution < -0.4 is 4.90 Å². The fourth-order valence-electron chi connectivity index (χ4n) is 1.63. The van der Waals surface area contributed by atoms with E-state index in [1.807, 2.05) is 31.7 Å². The maximum Gasteiger partial charge on any atom is 0.146 e. The van der Waals surface area contributed by atoms with Gasteiger partial charge in [-0.15, -0.1) is 0 Å². The highest BCUT2D eigenvalue weighted by atomic mass is 19.1. The van der Waals surface area contributed by atoms with E-state index >= 15 is 0 Å². The third-order valence-electron chi connectivity index (χ3n) is 2.88. The van der Waals surface area contributed by atoms with Crippen molar-refractivity contribution in [2.24, 2.45) is 5.41 Å². The SMILES string of the molecule is CCN(CCC(C)(C)C#N)c1ccccc1F. The Kier molecular flexibility index (Phi) is 4.51. The van der Waals surface area contributed by atoms with Gasteiger partial charge in [-0.1, -0.05) is 12.1 Å². The predicted molar refractivity (Wildman–Crippen MR) is 68.3 cm³/mol. The van der Waals surface area contributed by atoms with Crippen LogP contribution in [0, 0.1) is 22.6 Å². The highest BCUT2D eigenvalue weighted by Crippen LogP contribution is 2.23. The summed E-state index contributed by atoms with van der Waals surface area (Å²) in [6, 6.07) is 9.02. The molecule has 17 heavy (non-hydrogen) atoms. The minimum absolute atomic E-state index is 0.205. The van der Waals surface area contributed by atoms with Crippen LogP contribution in [0.4, 0.5) is 10.1 Å². The van der Waals surface area contributed by atoms with E-state index in [-0.39, 0.29) is 11.2 Å². The van der Waals surface area contributed by atoms with Crippen LogP contribution in [0.25, 0.3) is 0 Å². The second-order valence-electron chi connectivity index (χ2n) is 4.78. The lowest BCUT2D eigenvalue weighted by Gasteiger charge is -2.26. The van der Waals surface area contributed by atoms with Crippen LogP contribution in [0.15, 0.2) is 24.3 Å². The molecule has 0 amide bonds. The molecule has 0 bridgehead atoms. The van der Waals surface area contributed by atoms with Gasteiger partial charge in [0.15, 0.2) is 0 Å². The highest BCUT2D eigenvalue weighted by Gasteiger charge is 2.18. The van der Waals surface area contributed by atoms with E-state index in [1.165, 1.54) is 6.07 Å². The molecule has 0 heterocycles. The Hall–Kier alpha value is -1.56. The first-order valence-electron chi connectivity index (χ1n) is 5.91. The van der Waals surface area contributed by atoms with Gasteiger partial charge in [0.05, 0.1) is 17.2 Å². The summed E-state index contributed by atoms with van der Waals surface area (Å²) in [5, 5.41) is 8.96. The van der Waals surface area contributed by atoms with Gasteiger partial charge in [0.1, 0.15) is 5.82 Å². The molecule has 2 nitrogen and oxygen atoms in total. The Labute approximate surface area is 103 Å². The van der Waals surface area contributed by atoms with Crippen LogP contribution in [0.2, 0.25) is 0 Å². The Morgan fingerprint density at radius 1 is 1.35 bits per heavy atom. The summed E-state index contributed by atoms with van der Waals surface area (Å²) in [5.41, 5.74) is 0.252. The van der Waals surface area contributed by atoms with Crippen LogP contribution in [0.1, 0.15) is 27.2 Å². The molecule has 0 fully saturated rings. The van der Waals surface area contributed by atoms with Gasteiger partial charge >= 0.3 is 0 Å². The largest absolute Gasteiger partial charge is 0.369 e. The summed E-state index contributed by atoms with van der Waals surface area (Å²) in [4.78, 5) is 1.97. The van der Waals surface area contributed by atoms with Crippen molar-refractivity contribution in [3.63, 3.8) is 0 Å². The van der Waals surface area contributed by atoms with E-state index in [0.717, 1.165) is 13.0 Å². The molecule has 0 saturated heterocycles. The number of halogens is 1. The number of para-hydroxylation sites is 1. The lowest BCUT2D eigenvalue weighted by atomic mass is 9.91. The van der Waals surface area contributed by atoms with E-state index in [1.54, 1.807) is 12.1 Å². The summed E-state index contributed by atoms with van der Waals surface area (Å²) >= 11 is 0. The standard InChI is InChI=1S/C14H19FN2/c1-4-17(10-9-14(2,3)11-16)13-8-6-5-7-12(13)15/h5-8H,4,9-10H2,1-3H3. The number of benzene rings is 1. The van der Waals surface area contributed by atoms with Gasteiger partial charge in [-0.05, 0) is 39.3 Å². The molecule has 0 atom stereocenters. The van der Waals surface area contributed by atoms with Crippen LogP contribution in [0.3, 0.4) is 0 Å². The molecule has 1 aromatic rings. The first kappa shape index (κ1) is 13.5. The van der Waals surface area contributed by atoms with Crippen molar-refractivity contribution < 1.29 is 4.39 Å². The first-order chi connectivity index (χ1) is 8.00. The Bertz CT molecular complexity index is 407. The summed E-state index contributed by atoms with van der Waals surface area (Å²) in [6.45, 7) is 7.23. The third-order valence-corrected chi connectivity index (χ3v) is 2.88. The Morgan fingerprint density at radius 2 is 2.00 bits per heavy atom. The van der Waals surface area contributed by atoms with Crippen LogP contribution in [-0.2, 0) is 0 Å². The van der Waals surface area contributed by atoms with Gasteiger partial charge in [-0.2, -0.15) is 5.26 Å². The molecule has 0 spiro atoms. The second-order valence-corrected chi connectivity index (χ2v) is 4.78. The number of hydrogen-bond donors (Lipinski definition) is 0. The molecule has 0 saturated carbocycles. The fraction of sp³-hybridized carbons (Fsp3) is 0.500. The van der Waals surface area contributed by atoms with E-state index in [0.29, 0.717) is 12.2 Å². The normalized spacial score (nSPS) is 11.0. The fourth-order valence-corrected chi connectivity index (χ4v) is 1.63.